The van der Waals surface area contributed by atoms with Crippen molar-refractivity contribution in [1.82, 2.24) is 0 Å². The van der Waals surface area contributed by atoms with Crippen molar-refractivity contribution in [3.63, 3.8) is 0 Å². The molecule has 0 saturated heterocycles. The van der Waals surface area contributed by atoms with Crippen LogP contribution in [0.25, 0.3) is 0 Å². The molecule has 0 atom stereocenters. The fourth-order valence-corrected chi connectivity index (χ4v) is 0. The summed E-state index contributed by atoms with van der Waals surface area (Å²) in [4.78, 5) is 25.4. The zero-order valence-electron chi connectivity index (χ0n) is 3.09. The third-order valence-corrected chi connectivity index (χ3v) is 0. The van der Waals surface area contributed by atoms with Gasteiger partial charge in [-0.3, -0.25) is 0 Å². The maximum atomic E-state index is 8.48. The van der Waals surface area contributed by atoms with Gasteiger partial charge < -0.3 is 23.3 Å². The normalized spacial score (nSPS) is 6.00. The smallest absolute Gasteiger partial charge is 0.854 e. The molecule has 0 aromatic carbocycles. The summed E-state index contributed by atoms with van der Waals surface area (Å²) in [5, 5.41) is 0. The Hall–Kier alpha value is 2.83. The van der Waals surface area contributed by atoms with E-state index in [1.807, 2.05) is 0 Å². The van der Waals surface area contributed by atoms with E-state index in [0.29, 0.717) is 0 Å². The molecular weight excluding hydrogens is 159 g/mol. The van der Waals surface area contributed by atoms with Crippen LogP contribution in [-0.4, -0.2) is 75.5 Å². The summed E-state index contributed by atoms with van der Waals surface area (Å²) in [5.74, 6) is 0. The fourth-order valence-electron chi connectivity index (χ4n) is 0. The SMILES string of the molecule is [Ca+2].[Ca+2].[O-]P([O-])[O-]. The van der Waals surface area contributed by atoms with Crippen LogP contribution in [0, 0.1) is 0 Å². The molecule has 0 fully saturated rings. The van der Waals surface area contributed by atoms with Crippen molar-refractivity contribution in [2.75, 3.05) is 0 Å². The zero-order valence-corrected chi connectivity index (χ0v) is 8.40. The first-order valence-electron chi connectivity index (χ1n) is 0.548. The summed E-state index contributed by atoms with van der Waals surface area (Å²) in [5.41, 5.74) is 0. The summed E-state index contributed by atoms with van der Waals surface area (Å²) >= 11 is 0. The van der Waals surface area contributed by atoms with Gasteiger partial charge in [-0.25, -0.2) is 0 Å². The van der Waals surface area contributed by atoms with Crippen molar-refractivity contribution in [2.45, 2.75) is 0 Å². The average molecular weight is 159 g/mol. The fraction of sp³-hybridized carbons (Fsp3) is 0. The molecule has 26 valence electrons. The molecule has 0 spiro atoms. The average Bonchev–Trinajstić information content (AvgIpc) is 0.811. The van der Waals surface area contributed by atoms with Crippen molar-refractivity contribution in [3.05, 3.63) is 0 Å². The summed E-state index contributed by atoms with van der Waals surface area (Å²) in [6, 6.07) is 0. The predicted molar refractivity (Wildman–Crippen MR) is 18.4 cm³/mol. The Kier molecular flexibility index (Phi) is 28.5. The summed E-state index contributed by atoms with van der Waals surface area (Å²) in [6.45, 7) is 0. The number of hydrogen-bond acceptors (Lipinski definition) is 3. The third kappa shape index (κ3) is 29.0. The molecule has 0 rings (SSSR count). The molecule has 0 heterocycles. The van der Waals surface area contributed by atoms with E-state index in [-0.39, 0.29) is 75.5 Å². The topological polar surface area (TPSA) is 69.2 Å². The van der Waals surface area contributed by atoms with Crippen LogP contribution in [0.5, 0.6) is 0 Å². The van der Waals surface area contributed by atoms with E-state index in [1.165, 1.54) is 0 Å². The molecule has 0 aliphatic heterocycles. The molecule has 0 aliphatic rings. The molecule has 0 N–H and O–H groups in total. The molecule has 0 unspecified atom stereocenters. The van der Waals surface area contributed by atoms with Crippen molar-refractivity contribution in [1.29, 1.82) is 0 Å². The zero-order chi connectivity index (χ0) is 3.58. The quantitative estimate of drug-likeness (QED) is 0.272. The number of hydrogen-bond donors (Lipinski definition) is 0. The van der Waals surface area contributed by atoms with Crippen LogP contribution < -0.4 is 14.7 Å². The summed E-state index contributed by atoms with van der Waals surface area (Å²) in [6.07, 6.45) is 0. The molecule has 0 aromatic heterocycles. The molecule has 0 aliphatic carbocycles. The molecule has 6 heteroatoms. The van der Waals surface area contributed by atoms with E-state index in [0.717, 1.165) is 0 Å². The minimum absolute atomic E-state index is 0. The Bertz CT molecular complexity index is 13.5. The van der Waals surface area contributed by atoms with Crippen LogP contribution in [0.15, 0.2) is 0 Å². The Morgan fingerprint density at radius 3 is 0.833 bits per heavy atom. The van der Waals surface area contributed by atoms with Gasteiger partial charge in [0.15, 0.2) is 0 Å². The minimum Gasteiger partial charge on any atom is -0.854 e. The third-order valence-electron chi connectivity index (χ3n) is 0. The van der Waals surface area contributed by atoms with Gasteiger partial charge in [-0.1, -0.05) is 0 Å². The van der Waals surface area contributed by atoms with Gasteiger partial charge in [-0.05, 0) is 0 Å². The summed E-state index contributed by atoms with van der Waals surface area (Å²) < 4.78 is 0. The maximum absolute atomic E-state index is 8.48. The van der Waals surface area contributed by atoms with Gasteiger partial charge in [0.25, 0.3) is 0 Å². The van der Waals surface area contributed by atoms with E-state index in [2.05, 4.69) is 0 Å². The van der Waals surface area contributed by atoms with E-state index in [1.54, 1.807) is 0 Å². The molecule has 6 heavy (non-hydrogen) atoms. The van der Waals surface area contributed by atoms with Crippen LogP contribution in [0.3, 0.4) is 0 Å². The minimum atomic E-state index is -3.37. The van der Waals surface area contributed by atoms with E-state index >= 15 is 0 Å². The molecule has 0 aromatic rings. The first kappa shape index (κ1) is 15.9. The van der Waals surface area contributed by atoms with Gasteiger partial charge in [0.05, 0.1) is 0 Å². The van der Waals surface area contributed by atoms with Gasteiger partial charge in [0.2, 0.25) is 0 Å². The number of rotatable bonds is 0. The molecule has 0 saturated carbocycles. The van der Waals surface area contributed by atoms with Gasteiger partial charge in [-0.2, -0.15) is 0 Å². The second-order valence-electron chi connectivity index (χ2n) is 0.224. The van der Waals surface area contributed by atoms with E-state index in [9.17, 15) is 0 Å². The Balaban J connectivity index is -0.0000000450. The maximum Gasteiger partial charge on any atom is 2.00 e. The first-order chi connectivity index (χ1) is 1.73. The van der Waals surface area contributed by atoms with Crippen LogP contribution in [0.2, 0.25) is 0 Å². The van der Waals surface area contributed by atoms with Gasteiger partial charge >= 0.3 is 75.5 Å². The summed E-state index contributed by atoms with van der Waals surface area (Å²) in [7, 11) is -3.37. The van der Waals surface area contributed by atoms with Crippen molar-refractivity contribution >= 4 is 84.1 Å². The van der Waals surface area contributed by atoms with Crippen LogP contribution >= 0.6 is 8.60 Å². The molecule has 0 amide bonds. The molecule has 0 radical (unpaired) electrons. The Morgan fingerprint density at radius 1 is 0.833 bits per heavy atom. The van der Waals surface area contributed by atoms with Gasteiger partial charge in [-0.15, -0.1) is 0 Å². The molecule has 3 nitrogen and oxygen atoms in total. The van der Waals surface area contributed by atoms with Crippen LogP contribution in [-0.2, 0) is 0 Å². The van der Waals surface area contributed by atoms with E-state index < -0.39 is 8.60 Å². The Labute approximate surface area is 96.7 Å². The van der Waals surface area contributed by atoms with Crippen LogP contribution in [0.4, 0.5) is 0 Å². The van der Waals surface area contributed by atoms with E-state index in [4.69, 9.17) is 14.7 Å². The second kappa shape index (κ2) is 10.7. The monoisotopic (exact) mass is 159 g/mol. The Morgan fingerprint density at radius 2 is 0.833 bits per heavy atom. The largest absolute Gasteiger partial charge is 2.00 e. The molecule has 0 bridgehead atoms. The van der Waals surface area contributed by atoms with Gasteiger partial charge in [0.1, 0.15) is 0 Å². The van der Waals surface area contributed by atoms with Gasteiger partial charge in [0, 0.05) is 0 Å². The van der Waals surface area contributed by atoms with Crippen molar-refractivity contribution < 1.29 is 14.7 Å². The first-order valence-corrected chi connectivity index (χ1v) is 1.64. The second-order valence-corrected chi connectivity index (χ2v) is 0.671. The predicted octanol–water partition coefficient (Wildman–Crippen LogP) is -3.47. The standard InChI is InChI=1S/2Ca.O3P/c;;1-4(2)3/q2*+2;-3. The van der Waals surface area contributed by atoms with Crippen LogP contribution in [0.1, 0.15) is 0 Å². The van der Waals surface area contributed by atoms with Crippen molar-refractivity contribution in [2.24, 2.45) is 0 Å². The molecular formula is Ca2O3P+. The van der Waals surface area contributed by atoms with Crippen molar-refractivity contribution in [3.8, 4) is 0 Å².